The summed E-state index contributed by atoms with van der Waals surface area (Å²) in [7, 11) is 1.67. The Hall–Kier alpha value is -1.56. The molecule has 0 aliphatic carbocycles. The summed E-state index contributed by atoms with van der Waals surface area (Å²) in [6.45, 7) is 5.37. The number of esters is 1. The lowest BCUT2D eigenvalue weighted by molar-refractivity contribution is -0.134. The van der Waals surface area contributed by atoms with E-state index >= 15 is 0 Å². The molecule has 18 heavy (non-hydrogen) atoms. The Balaban J connectivity index is 2.54. The van der Waals surface area contributed by atoms with Gasteiger partial charge in [0.2, 0.25) is 0 Å². The summed E-state index contributed by atoms with van der Waals surface area (Å²) >= 11 is 1.26. The van der Waals surface area contributed by atoms with Crippen molar-refractivity contribution >= 4 is 28.9 Å². The number of nitrogen functional groups attached to an aromatic ring is 1. The summed E-state index contributed by atoms with van der Waals surface area (Å²) in [5.74, 6) is -0.732. The molecule has 0 saturated carbocycles. The summed E-state index contributed by atoms with van der Waals surface area (Å²) in [5.41, 5.74) is 6.22. The molecule has 5 nitrogen and oxygen atoms in total. The lowest BCUT2D eigenvalue weighted by Gasteiger charge is -2.20. The molecule has 0 aromatic carbocycles. The second kappa shape index (κ2) is 5.86. The number of ether oxygens (including phenoxy) is 1. The number of hydrogen-bond donors (Lipinski definition) is 1. The second-order valence-corrected chi connectivity index (χ2v) is 5.55. The number of aryl methyl sites for hydroxylation is 1. The average Bonchev–Trinajstić information content (AvgIpc) is 2.65. The largest absolute Gasteiger partial charge is 0.451 e. The maximum atomic E-state index is 11.7. The first kappa shape index (κ1) is 14.5. The van der Waals surface area contributed by atoms with Crippen LogP contribution in [0, 0.1) is 6.92 Å². The molecule has 0 fully saturated rings. The molecule has 0 atom stereocenters. The Bertz CT molecular complexity index is 435. The molecule has 0 radical (unpaired) electrons. The smallest absolute Gasteiger partial charge is 0.348 e. The van der Waals surface area contributed by atoms with Crippen molar-refractivity contribution in [2.75, 3.05) is 19.4 Å². The lowest BCUT2D eigenvalue weighted by Crippen LogP contribution is -2.36. The molecule has 1 aromatic rings. The van der Waals surface area contributed by atoms with Crippen LogP contribution in [-0.4, -0.2) is 36.5 Å². The Morgan fingerprint density at radius 3 is 2.56 bits per heavy atom. The molecule has 100 valence electrons. The number of anilines is 1. The Morgan fingerprint density at radius 1 is 1.50 bits per heavy atom. The van der Waals surface area contributed by atoms with Crippen molar-refractivity contribution in [3.63, 3.8) is 0 Å². The van der Waals surface area contributed by atoms with Crippen LogP contribution in [0.3, 0.4) is 0 Å². The molecular formula is C12H18N2O3S. The number of amides is 1. The topological polar surface area (TPSA) is 72.6 Å². The molecular weight excluding hydrogens is 252 g/mol. The molecule has 6 heteroatoms. The van der Waals surface area contributed by atoms with E-state index in [1.165, 1.54) is 16.2 Å². The van der Waals surface area contributed by atoms with E-state index in [1.54, 1.807) is 13.1 Å². The van der Waals surface area contributed by atoms with Gasteiger partial charge in [-0.2, -0.15) is 0 Å². The van der Waals surface area contributed by atoms with Crippen LogP contribution in [0.1, 0.15) is 28.4 Å². The van der Waals surface area contributed by atoms with Crippen molar-refractivity contribution in [3.8, 4) is 0 Å². The van der Waals surface area contributed by atoms with Gasteiger partial charge in [-0.05, 0) is 26.8 Å². The highest BCUT2D eigenvalue weighted by Gasteiger charge is 2.17. The third kappa shape index (κ3) is 3.46. The lowest BCUT2D eigenvalue weighted by atomic mass is 10.3. The number of thiophene rings is 1. The predicted molar refractivity (Wildman–Crippen MR) is 71.7 cm³/mol. The summed E-state index contributed by atoms with van der Waals surface area (Å²) < 4.78 is 4.95. The highest BCUT2D eigenvalue weighted by atomic mass is 32.1. The first-order valence-corrected chi connectivity index (χ1v) is 6.43. The number of carbonyl (C=O) groups excluding carboxylic acids is 2. The van der Waals surface area contributed by atoms with Gasteiger partial charge in [0.05, 0.1) is 0 Å². The Kier molecular flexibility index (Phi) is 4.72. The van der Waals surface area contributed by atoms with Crippen LogP contribution in [0.4, 0.5) is 5.69 Å². The molecule has 0 saturated heterocycles. The molecule has 0 aliphatic rings. The zero-order valence-electron chi connectivity index (χ0n) is 11.0. The van der Waals surface area contributed by atoms with E-state index in [1.807, 2.05) is 20.8 Å². The van der Waals surface area contributed by atoms with E-state index < -0.39 is 5.97 Å². The van der Waals surface area contributed by atoms with Gasteiger partial charge in [-0.3, -0.25) is 4.79 Å². The average molecular weight is 270 g/mol. The summed E-state index contributed by atoms with van der Waals surface area (Å²) in [6, 6.07) is 1.65. The first-order valence-electron chi connectivity index (χ1n) is 5.61. The summed E-state index contributed by atoms with van der Waals surface area (Å²) in [5, 5.41) is 0. The van der Waals surface area contributed by atoms with Crippen LogP contribution < -0.4 is 5.73 Å². The Morgan fingerprint density at radius 2 is 2.11 bits per heavy atom. The molecule has 0 unspecified atom stereocenters. The van der Waals surface area contributed by atoms with Crippen LogP contribution in [0.5, 0.6) is 0 Å². The normalized spacial score (nSPS) is 10.5. The molecule has 0 bridgehead atoms. The van der Waals surface area contributed by atoms with Crippen LogP contribution in [0.2, 0.25) is 0 Å². The SMILES string of the molecule is Cc1sc(C(=O)OCC(=O)N(C)C(C)C)cc1N. The third-order valence-corrected chi connectivity index (χ3v) is 3.70. The highest BCUT2D eigenvalue weighted by Crippen LogP contribution is 2.23. The van der Waals surface area contributed by atoms with Crippen molar-refractivity contribution in [3.05, 3.63) is 15.8 Å². The number of hydrogen-bond acceptors (Lipinski definition) is 5. The molecule has 1 rings (SSSR count). The van der Waals surface area contributed by atoms with Gasteiger partial charge in [0.15, 0.2) is 6.61 Å². The molecule has 1 amide bonds. The van der Waals surface area contributed by atoms with Gasteiger partial charge in [-0.25, -0.2) is 4.79 Å². The van der Waals surface area contributed by atoms with E-state index in [0.29, 0.717) is 10.6 Å². The number of nitrogens with zero attached hydrogens (tertiary/aromatic N) is 1. The van der Waals surface area contributed by atoms with Crippen LogP contribution in [0.15, 0.2) is 6.07 Å². The maximum Gasteiger partial charge on any atom is 0.348 e. The molecule has 1 heterocycles. The van der Waals surface area contributed by atoms with Crippen molar-refractivity contribution in [1.82, 2.24) is 4.90 Å². The monoisotopic (exact) mass is 270 g/mol. The zero-order valence-corrected chi connectivity index (χ0v) is 11.8. The van der Waals surface area contributed by atoms with Crippen molar-refractivity contribution in [2.24, 2.45) is 0 Å². The van der Waals surface area contributed by atoms with Gasteiger partial charge in [0.1, 0.15) is 4.88 Å². The van der Waals surface area contributed by atoms with Crippen LogP contribution in [-0.2, 0) is 9.53 Å². The molecule has 0 aliphatic heterocycles. The zero-order chi connectivity index (χ0) is 13.9. The number of carbonyl (C=O) groups is 2. The van der Waals surface area contributed by atoms with Crippen LogP contribution >= 0.6 is 11.3 Å². The van der Waals surface area contributed by atoms with Crippen LogP contribution in [0.25, 0.3) is 0 Å². The van der Waals surface area contributed by atoms with E-state index in [0.717, 1.165) is 4.88 Å². The number of nitrogens with two attached hydrogens (primary N) is 1. The fourth-order valence-corrected chi connectivity index (χ4v) is 2.02. The van der Waals surface area contributed by atoms with Crippen molar-refractivity contribution in [2.45, 2.75) is 26.8 Å². The third-order valence-electron chi connectivity index (χ3n) is 2.65. The van der Waals surface area contributed by atoms with Gasteiger partial charge in [-0.15, -0.1) is 11.3 Å². The fraction of sp³-hybridized carbons (Fsp3) is 0.500. The molecule has 0 spiro atoms. The van der Waals surface area contributed by atoms with Gasteiger partial charge < -0.3 is 15.4 Å². The van der Waals surface area contributed by atoms with Gasteiger partial charge >= 0.3 is 5.97 Å². The molecule has 2 N–H and O–H groups in total. The Labute approximate surface area is 111 Å². The van der Waals surface area contributed by atoms with Gasteiger partial charge in [0, 0.05) is 23.7 Å². The van der Waals surface area contributed by atoms with E-state index in [4.69, 9.17) is 10.5 Å². The summed E-state index contributed by atoms with van der Waals surface area (Å²) in [4.78, 5) is 26.1. The minimum Gasteiger partial charge on any atom is -0.451 e. The first-order chi connectivity index (χ1) is 8.32. The number of rotatable bonds is 4. The van der Waals surface area contributed by atoms with Gasteiger partial charge in [-0.1, -0.05) is 0 Å². The minimum absolute atomic E-state index is 0.0795. The quantitative estimate of drug-likeness (QED) is 0.845. The van der Waals surface area contributed by atoms with Gasteiger partial charge in [0.25, 0.3) is 5.91 Å². The number of likely N-dealkylation sites (N-methyl/N-ethyl adjacent to an activating group) is 1. The summed E-state index contributed by atoms with van der Waals surface area (Å²) in [6.07, 6.45) is 0. The fourth-order valence-electron chi connectivity index (χ4n) is 1.18. The maximum absolute atomic E-state index is 11.7. The minimum atomic E-state index is -0.509. The van der Waals surface area contributed by atoms with Crippen molar-refractivity contribution in [1.29, 1.82) is 0 Å². The molecule has 1 aromatic heterocycles. The standard InChI is InChI=1S/C12H18N2O3S/c1-7(2)14(4)11(15)6-17-12(16)10-5-9(13)8(3)18-10/h5,7H,6,13H2,1-4H3. The van der Waals surface area contributed by atoms with E-state index in [2.05, 4.69) is 0 Å². The van der Waals surface area contributed by atoms with Crippen molar-refractivity contribution < 1.29 is 14.3 Å². The predicted octanol–water partition coefficient (Wildman–Crippen LogP) is 1.66. The van der Waals surface area contributed by atoms with E-state index in [9.17, 15) is 9.59 Å². The highest BCUT2D eigenvalue weighted by molar-refractivity contribution is 7.14. The second-order valence-electron chi connectivity index (χ2n) is 4.30. The van der Waals surface area contributed by atoms with E-state index in [-0.39, 0.29) is 18.6 Å².